The first-order valence-corrected chi connectivity index (χ1v) is 7.07. The van der Waals surface area contributed by atoms with Crippen molar-refractivity contribution in [1.29, 1.82) is 0 Å². The van der Waals surface area contributed by atoms with Gasteiger partial charge in [-0.15, -0.1) is 11.3 Å². The molecule has 4 nitrogen and oxygen atoms in total. The van der Waals surface area contributed by atoms with Gasteiger partial charge in [0.15, 0.2) is 0 Å². The number of carbonyl (C=O) groups excluding carboxylic acids is 1. The van der Waals surface area contributed by atoms with Crippen molar-refractivity contribution in [2.75, 3.05) is 0 Å². The van der Waals surface area contributed by atoms with Crippen molar-refractivity contribution in [2.24, 2.45) is 0 Å². The van der Waals surface area contributed by atoms with E-state index in [1.54, 1.807) is 6.07 Å². The van der Waals surface area contributed by atoms with Gasteiger partial charge in [0.05, 0.1) is 6.54 Å². The highest BCUT2D eigenvalue weighted by molar-refractivity contribution is 7.09. The zero-order chi connectivity index (χ0) is 13.7. The average Bonchev–Trinajstić information content (AvgIpc) is 2.81. The average molecular weight is 296 g/mol. The third-order valence-corrected chi connectivity index (χ3v) is 3.80. The van der Waals surface area contributed by atoms with Crippen LogP contribution in [0.1, 0.15) is 16.3 Å². The lowest BCUT2D eigenvalue weighted by Crippen LogP contribution is -2.34. The maximum atomic E-state index is 11.6. The molecule has 1 aromatic carbocycles. The van der Waals surface area contributed by atoms with Gasteiger partial charge < -0.3 is 10.6 Å². The van der Waals surface area contributed by atoms with Gasteiger partial charge in [-0.25, -0.2) is 9.78 Å². The van der Waals surface area contributed by atoms with Crippen LogP contribution in [0.25, 0.3) is 0 Å². The second kappa shape index (κ2) is 6.54. The van der Waals surface area contributed by atoms with Crippen LogP contribution in [0.5, 0.6) is 0 Å². The lowest BCUT2D eigenvalue weighted by Gasteiger charge is -2.07. The maximum Gasteiger partial charge on any atom is 0.315 e. The molecule has 0 aliphatic heterocycles. The molecule has 2 amide bonds. The molecular formula is C13H14ClN3OS. The van der Waals surface area contributed by atoms with Gasteiger partial charge in [-0.2, -0.15) is 0 Å². The molecule has 0 fully saturated rings. The largest absolute Gasteiger partial charge is 0.334 e. The summed E-state index contributed by atoms with van der Waals surface area (Å²) in [7, 11) is 0. The summed E-state index contributed by atoms with van der Waals surface area (Å²) < 4.78 is 0. The molecule has 19 heavy (non-hydrogen) atoms. The fourth-order valence-electron chi connectivity index (χ4n) is 1.52. The van der Waals surface area contributed by atoms with Crippen molar-refractivity contribution >= 4 is 29.0 Å². The standard InChI is InChI=1S/C13H14ClN3OS/c1-9-8-19-12(17-9)7-16-13(18)15-6-10-4-2-3-5-11(10)14/h2-5,8H,6-7H2,1H3,(H2,15,16,18). The van der Waals surface area contributed by atoms with Crippen LogP contribution in [-0.2, 0) is 13.1 Å². The monoisotopic (exact) mass is 295 g/mol. The van der Waals surface area contributed by atoms with Crippen molar-refractivity contribution in [3.63, 3.8) is 0 Å². The first kappa shape index (κ1) is 13.8. The Kier molecular flexibility index (Phi) is 4.76. The predicted molar refractivity (Wildman–Crippen MR) is 77.4 cm³/mol. The Morgan fingerprint density at radius 1 is 1.32 bits per heavy atom. The molecule has 0 unspecified atom stereocenters. The van der Waals surface area contributed by atoms with Crippen LogP contribution >= 0.6 is 22.9 Å². The number of nitrogens with one attached hydrogen (secondary N) is 2. The van der Waals surface area contributed by atoms with Crippen LogP contribution in [0, 0.1) is 6.92 Å². The maximum absolute atomic E-state index is 11.6. The highest BCUT2D eigenvalue weighted by atomic mass is 35.5. The SMILES string of the molecule is Cc1csc(CNC(=O)NCc2ccccc2Cl)n1. The topological polar surface area (TPSA) is 54.0 Å². The second-order valence-electron chi connectivity index (χ2n) is 4.01. The number of nitrogens with zero attached hydrogens (tertiary/aromatic N) is 1. The van der Waals surface area contributed by atoms with Gasteiger partial charge in [-0.3, -0.25) is 0 Å². The summed E-state index contributed by atoms with van der Waals surface area (Å²) in [6.07, 6.45) is 0. The van der Waals surface area contributed by atoms with Crippen molar-refractivity contribution in [2.45, 2.75) is 20.0 Å². The summed E-state index contributed by atoms with van der Waals surface area (Å²) in [6.45, 7) is 2.77. The van der Waals surface area contributed by atoms with E-state index < -0.39 is 0 Å². The Morgan fingerprint density at radius 3 is 2.74 bits per heavy atom. The molecule has 0 saturated heterocycles. The number of aromatic nitrogens is 1. The molecule has 0 saturated carbocycles. The number of aryl methyl sites for hydroxylation is 1. The lowest BCUT2D eigenvalue weighted by atomic mass is 10.2. The van der Waals surface area contributed by atoms with E-state index in [4.69, 9.17) is 11.6 Å². The lowest BCUT2D eigenvalue weighted by molar-refractivity contribution is 0.240. The minimum atomic E-state index is -0.229. The van der Waals surface area contributed by atoms with Crippen molar-refractivity contribution in [3.8, 4) is 0 Å². The zero-order valence-electron chi connectivity index (χ0n) is 10.4. The van der Waals surface area contributed by atoms with Crippen molar-refractivity contribution in [1.82, 2.24) is 15.6 Å². The first-order chi connectivity index (χ1) is 9.15. The molecule has 6 heteroatoms. The number of rotatable bonds is 4. The third-order valence-electron chi connectivity index (χ3n) is 2.46. The Hall–Kier alpha value is -1.59. The molecule has 2 rings (SSSR count). The number of halogens is 1. The van der Waals surface area contributed by atoms with E-state index in [0.29, 0.717) is 18.1 Å². The molecule has 0 atom stereocenters. The van der Waals surface area contributed by atoms with Gasteiger partial charge in [-0.05, 0) is 18.6 Å². The van der Waals surface area contributed by atoms with Crippen LogP contribution in [0.2, 0.25) is 5.02 Å². The van der Waals surface area contributed by atoms with Crippen LogP contribution < -0.4 is 10.6 Å². The van der Waals surface area contributed by atoms with Crippen LogP contribution in [0.4, 0.5) is 4.79 Å². The molecule has 0 aliphatic rings. The van der Waals surface area contributed by atoms with Crippen molar-refractivity contribution in [3.05, 3.63) is 50.9 Å². The number of benzene rings is 1. The summed E-state index contributed by atoms with van der Waals surface area (Å²) >= 11 is 7.54. The van der Waals surface area contributed by atoms with E-state index in [9.17, 15) is 4.79 Å². The molecule has 0 spiro atoms. The van der Waals surface area contributed by atoms with E-state index in [1.165, 1.54) is 11.3 Å². The number of hydrogen-bond acceptors (Lipinski definition) is 3. The van der Waals surface area contributed by atoms with Gasteiger partial charge in [0.25, 0.3) is 0 Å². The van der Waals surface area contributed by atoms with E-state index in [2.05, 4.69) is 15.6 Å². The summed E-state index contributed by atoms with van der Waals surface area (Å²) in [5.41, 5.74) is 1.86. The molecule has 100 valence electrons. The van der Waals surface area contributed by atoms with E-state index in [-0.39, 0.29) is 6.03 Å². The smallest absolute Gasteiger partial charge is 0.315 e. The van der Waals surface area contributed by atoms with Gasteiger partial charge in [0.2, 0.25) is 0 Å². The van der Waals surface area contributed by atoms with E-state index in [1.807, 2.05) is 30.5 Å². The Labute approximate surface area is 120 Å². The highest BCUT2D eigenvalue weighted by Crippen LogP contribution is 2.14. The minimum absolute atomic E-state index is 0.229. The molecular weight excluding hydrogens is 282 g/mol. The number of amides is 2. The van der Waals surface area contributed by atoms with Crippen LogP contribution in [0.3, 0.4) is 0 Å². The summed E-state index contributed by atoms with van der Waals surface area (Å²) in [5.74, 6) is 0. The van der Waals surface area contributed by atoms with Crippen LogP contribution in [-0.4, -0.2) is 11.0 Å². The number of urea groups is 1. The predicted octanol–water partition coefficient (Wildman–Crippen LogP) is 3.10. The van der Waals surface area contributed by atoms with Gasteiger partial charge in [0, 0.05) is 22.6 Å². The molecule has 0 aliphatic carbocycles. The zero-order valence-corrected chi connectivity index (χ0v) is 12.0. The van der Waals surface area contributed by atoms with Crippen LogP contribution in [0.15, 0.2) is 29.6 Å². The normalized spacial score (nSPS) is 10.2. The molecule has 2 N–H and O–H groups in total. The Bertz CT molecular complexity index is 571. The third kappa shape index (κ3) is 4.22. The van der Waals surface area contributed by atoms with Gasteiger partial charge >= 0.3 is 6.03 Å². The molecule has 0 radical (unpaired) electrons. The number of thiazole rings is 1. The Morgan fingerprint density at radius 2 is 2.05 bits per heavy atom. The molecule has 0 bridgehead atoms. The summed E-state index contributed by atoms with van der Waals surface area (Å²) in [5, 5.41) is 9.02. The van der Waals surface area contributed by atoms with E-state index >= 15 is 0 Å². The first-order valence-electron chi connectivity index (χ1n) is 5.81. The highest BCUT2D eigenvalue weighted by Gasteiger charge is 2.04. The molecule has 1 aromatic heterocycles. The fraction of sp³-hybridized carbons (Fsp3) is 0.231. The summed E-state index contributed by atoms with van der Waals surface area (Å²) in [4.78, 5) is 15.9. The second-order valence-corrected chi connectivity index (χ2v) is 5.36. The summed E-state index contributed by atoms with van der Waals surface area (Å²) in [6, 6.07) is 7.20. The van der Waals surface area contributed by atoms with Crippen molar-refractivity contribution < 1.29 is 4.79 Å². The van der Waals surface area contributed by atoms with Gasteiger partial charge in [0.1, 0.15) is 5.01 Å². The number of carbonyl (C=O) groups is 1. The Balaban J connectivity index is 1.77. The number of hydrogen-bond donors (Lipinski definition) is 2. The minimum Gasteiger partial charge on any atom is -0.334 e. The molecule has 1 heterocycles. The molecule has 2 aromatic rings. The van der Waals surface area contributed by atoms with Gasteiger partial charge in [-0.1, -0.05) is 29.8 Å². The fourth-order valence-corrected chi connectivity index (χ4v) is 2.43. The quantitative estimate of drug-likeness (QED) is 0.910. The van der Waals surface area contributed by atoms with E-state index in [0.717, 1.165) is 16.3 Å².